The van der Waals surface area contributed by atoms with Crippen molar-refractivity contribution in [1.82, 2.24) is 0 Å². The quantitative estimate of drug-likeness (QED) is 0.669. The second kappa shape index (κ2) is 4.05. The fourth-order valence-electron chi connectivity index (χ4n) is 2.05. The Hall–Kier alpha value is -1.70. The van der Waals surface area contributed by atoms with Crippen molar-refractivity contribution in [3.05, 3.63) is 36.4 Å². The molecule has 2 nitrogen and oxygen atoms in total. The van der Waals surface area contributed by atoms with E-state index in [1.807, 2.05) is 18.2 Å². The summed E-state index contributed by atoms with van der Waals surface area (Å²) in [6.07, 6.45) is 2.12. The van der Waals surface area contributed by atoms with Crippen LogP contribution in [0.15, 0.2) is 36.4 Å². The molecule has 2 aromatic carbocycles. The molecule has 1 aliphatic heterocycles. The van der Waals surface area contributed by atoms with Crippen molar-refractivity contribution in [2.45, 2.75) is 12.8 Å². The third-order valence-electron chi connectivity index (χ3n) is 2.89. The fraction of sp³-hybridized carbons (Fsp3) is 0.286. The van der Waals surface area contributed by atoms with Crippen LogP contribution in [0.4, 0.5) is 0 Å². The standard InChI is InChI=1S/C14H14O2/c1-2-6-12-11(5-1)7-8-13-14(12)16-10-4-3-9-15-13/h1-2,5-8H,3-4,9-10H2. The summed E-state index contributed by atoms with van der Waals surface area (Å²) < 4.78 is 11.5. The van der Waals surface area contributed by atoms with Crippen LogP contribution in [0.2, 0.25) is 0 Å². The first-order chi connectivity index (χ1) is 7.95. The van der Waals surface area contributed by atoms with Crippen molar-refractivity contribution in [1.29, 1.82) is 0 Å². The van der Waals surface area contributed by atoms with E-state index in [2.05, 4.69) is 18.2 Å². The highest BCUT2D eigenvalue weighted by atomic mass is 16.5. The Labute approximate surface area is 94.8 Å². The van der Waals surface area contributed by atoms with Crippen LogP contribution in [-0.4, -0.2) is 13.2 Å². The molecule has 0 N–H and O–H groups in total. The summed E-state index contributed by atoms with van der Waals surface area (Å²) in [4.78, 5) is 0. The molecule has 0 saturated carbocycles. The zero-order valence-electron chi connectivity index (χ0n) is 9.11. The zero-order valence-corrected chi connectivity index (χ0v) is 9.11. The predicted molar refractivity (Wildman–Crippen MR) is 64.2 cm³/mol. The number of rotatable bonds is 0. The lowest BCUT2D eigenvalue weighted by atomic mass is 10.1. The lowest BCUT2D eigenvalue weighted by molar-refractivity contribution is 0.226. The molecular formula is C14H14O2. The number of hydrogen-bond acceptors (Lipinski definition) is 2. The van der Waals surface area contributed by atoms with Gasteiger partial charge >= 0.3 is 0 Å². The Bertz CT molecular complexity index is 505. The molecule has 1 aliphatic rings. The van der Waals surface area contributed by atoms with Gasteiger partial charge in [-0.15, -0.1) is 0 Å². The van der Waals surface area contributed by atoms with Gasteiger partial charge in [-0.2, -0.15) is 0 Å². The largest absolute Gasteiger partial charge is 0.490 e. The second-order valence-electron chi connectivity index (χ2n) is 4.02. The third kappa shape index (κ3) is 1.60. The molecule has 0 fully saturated rings. The molecule has 0 saturated heterocycles. The molecule has 0 atom stereocenters. The van der Waals surface area contributed by atoms with E-state index in [1.54, 1.807) is 0 Å². The van der Waals surface area contributed by atoms with Gasteiger partial charge in [0.05, 0.1) is 13.2 Å². The van der Waals surface area contributed by atoms with Gasteiger partial charge in [0.15, 0.2) is 11.5 Å². The summed E-state index contributed by atoms with van der Waals surface area (Å²) in [6, 6.07) is 12.3. The van der Waals surface area contributed by atoms with Crippen LogP contribution in [0.25, 0.3) is 10.8 Å². The summed E-state index contributed by atoms with van der Waals surface area (Å²) in [6.45, 7) is 1.57. The summed E-state index contributed by atoms with van der Waals surface area (Å²) in [5.41, 5.74) is 0. The second-order valence-corrected chi connectivity index (χ2v) is 4.02. The highest BCUT2D eigenvalue weighted by Gasteiger charge is 2.12. The third-order valence-corrected chi connectivity index (χ3v) is 2.89. The number of benzene rings is 2. The first-order valence-corrected chi connectivity index (χ1v) is 5.72. The van der Waals surface area contributed by atoms with E-state index in [4.69, 9.17) is 9.47 Å². The minimum atomic E-state index is 0.782. The summed E-state index contributed by atoms with van der Waals surface area (Å²) in [5, 5.41) is 2.34. The maximum absolute atomic E-state index is 5.82. The van der Waals surface area contributed by atoms with E-state index in [0.29, 0.717) is 0 Å². The molecular weight excluding hydrogens is 200 g/mol. The molecule has 0 bridgehead atoms. The Kier molecular flexibility index (Phi) is 2.41. The molecule has 0 radical (unpaired) electrons. The molecule has 2 heteroatoms. The number of fused-ring (bicyclic) bond motifs is 3. The molecule has 2 aromatic rings. The van der Waals surface area contributed by atoms with Crippen molar-refractivity contribution in [3.63, 3.8) is 0 Å². The SMILES string of the molecule is c1ccc2c3c(ccc2c1)OCCCCO3. The molecule has 0 unspecified atom stereocenters. The molecule has 16 heavy (non-hydrogen) atoms. The highest BCUT2D eigenvalue weighted by Crippen LogP contribution is 2.36. The molecule has 0 amide bonds. The fourth-order valence-corrected chi connectivity index (χ4v) is 2.05. The van der Waals surface area contributed by atoms with Gasteiger partial charge in [0, 0.05) is 5.39 Å². The number of hydrogen-bond donors (Lipinski definition) is 0. The minimum Gasteiger partial charge on any atom is -0.490 e. The van der Waals surface area contributed by atoms with Gasteiger partial charge in [0.1, 0.15) is 0 Å². The Balaban J connectivity index is 2.18. The van der Waals surface area contributed by atoms with Crippen LogP contribution in [0, 0.1) is 0 Å². The van der Waals surface area contributed by atoms with Gasteiger partial charge in [-0.05, 0) is 24.3 Å². The Morgan fingerprint density at radius 3 is 2.56 bits per heavy atom. The summed E-state index contributed by atoms with van der Waals surface area (Å²) in [5.74, 6) is 1.77. The van der Waals surface area contributed by atoms with Gasteiger partial charge in [-0.3, -0.25) is 0 Å². The molecule has 82 valence electrons. The predicted octanol–water partition coefficient (Wildman–Crippen LogP) is 3.39. The van der Waals surface area contributed by atoms with Crippen LogP contribution in [-0.2, 0) is 0 Å². The van der Waals surface area contributed by atoms with Crippen molar-refractivity contribution >= 4 is 10.8 Å². The van der Waals surface area contributed by atoms with E-state index in [9.17, 15) is 0 Å². The van der Waals surface area contributed by atoms with Crippen LogP contribution >= 0.6 is 0 Å². The van der Waals surface area contributed by atoms with E-state index >= 15 is 0 Å². The van der Waals surface area contributed by atoms with Crippen LogP contribution in [0.1, 0.15) is 12.8 Å². The monoisotopic (exact) mass is 214 g/mol. The molecule has 0 aliphatic carbocycles. The summed E-state index contributed by atoms with van der Waals surface area (Å²) >= 11 is 0. The average Bonchev–Trinajstić information content (AvgIpc) is 2.29. The number of ether oxygens (including phenoxy) is 2. The van der Waals surface area contributed by atoms with E-state index in [0.717, 1.165) is 42.9 Å². The Morgan fingerprint density at radius 1 is 0.812 bits per heavy atom. The van der Waals surface area contributed by atoms with Crippen molar-refractivity contribution < 1.29 is 9.47 Å². The van der Waals surface area contributed by atoms with Crippen LogP contribution in [0.5, 0.6) is 11.5 Å². The highest BCUT2D eigenvalue weighted by molar-refractivity contribution is 5.90. The van der Waals surface area contributed by atoms with Crippen molar-refractivity contribution in [2.24, 2.45) is 0 Å². The zero-order chi connectivity index (χ0) is 10.8. The van der Waals surface area contributed by atoms with Crippen LogP contribution < -0.4 is 9.47 Å². The molecule has 0 aromatic heterocycles. The lowest BCUT2D eigenvalue weighted by Crippen LogP contribution is -2.08. The normalized spacial score (nSPS) is 15.5. The van der Waals surface area contributed by atoms with Gasteiger partial charge in [-0.1, -0.05) is 30.3 Å². The van der Waals surface area contributed by atoms with Crippen molar-refractivity contribution in [3.8, 4) is 11.5 Å². The van der Waals surface area contributed by atoms with E-state index < -0.39 is 0 Å². The average molecular weight is 214 g/mol. The van der Waals surface area contributed by atoms with E-state index in [-0.39, 0.29) is 0 Å². The topological polar surface area (TPSA) is 18.5 Å². The van der Waals surface area contributed by atoms with Gasteiger partial charge < -0.3 is 9.47 Å². The van der Waals surface area contributed by atoms with Gasteiger partial charge in [0.25, 0.3) is 0 Å². The van der Waals surface area contributed by atoms with Crippen molar-refractivity contribution in [2.75, 3.05) is 13.2 Å². The molecule has 1 heterocycles. The Morgan fingerprint density at radius 2 is 1.62 bits per heavy atom. The van der Waals surface area contributed by atoms with Gasteiger partial charge in [0.2, 0.25) is 0 Å². The first-order valence-electron chi connectivity index (χ1n) is 5.72. The maximum atomic E-state index is 5.82. The van der Waals surface area contributed by atoms with Crippen LogP contribution in [0.3, 0.4) is 0 Å². The maximum Gasteiger partial charge on any atom is 0.168 e. The smallest absolute Gasteiger partial charge is 0.168 e. The van der Waals surface area contributed by atoms with E-state index in [1.165, 1.54) is 5.39 Å². The minimum absolute atomic E-state index is 0.782. The van der Waals surface area contributed by atoms with Gasteiger partial charge in [-0.25, -0.2) is 0 Å². The summed E-state index contributed by atoms with van der Waals surface area (Å²) in [7, 11) is 0. The molecule has 3 rings (SSSR count). The first kappa shape index (κ1) is 9.52. The lowest BCUT2D eigenvalue weighted by Gasteiger charge is -2.17. The molecule has 0 spiro atoms.